The van der Waals surface area contributed by atoms with Crippen molar-refractivity contribution >= 4 is 11.3 Å². The van der Waals surface area contributed by atoms with E-state index in [-0.39, 0.29) is 0 Å². The first-order valence-corrected chi connectivity index (χ1v) is 5.43. The second-order valence-corrected chi connectivity index (χ2v) is 4.71. The van der Waals surface area contributed by atoms with Crippen LogP contribution < -0.4 is 5.73 Å². The number of thiophene rings is 1. The first-order chi connectivity index (χ1) is 6.15. The Morgan fingerprint density at radius 2 is 2.23 bits per heavy atom. The van der Waals surface area contributed by atoms with E-state index in [2.05, 4.69) is 37.9 Å². The van der Waals surface area contributed by atoms with Crippen molar-refractivity contribution in [3.8, 4) is 0 Å². The summed E-state index contributed by atoms with van der Waals surface area (Å²) in [5.74, 6) is 0. The highest BCUT2D eigenvalue weighted by molar-refractivity contribution is 7.12. The van der Waals surface area contributed by atoms with E-state index in [1.54, 1.807) is 0 Å². The molecule has 2 N–H and O–H groups in total. The van der Waals surface area contributed by atoms with Crippen LogP contribution in [-0.4, -0.2) is 25.0 Å². The largest absolute Gasteiger partial charge is 0.329 e. The van der Waals surface area contributed by atoms with E-state index in [0.29, 0.717) is 6.04 Å². The SMILES string of the molecule is Cc1ccc(C(C)N(C)CCN)s1. The van der Waals surface area contributed by atoms with Crippen molar-refractivity contribution in [1.29, 1.82) is 0 Å². The van der Waals surface area contributed by atoms with Gasteiger partial charge in [-0.15, -0.1) is 11.3 Å². The predicted molar refractivity (Wildman–Crippen MR) is 59.2 cm³/mol. The van der Waals surface area contributed by atoms with Gasteiger partial charge in [-0.1, -0.05) is 0 Å². The fraction of sp³-hybridized carbons (Fsp3) is 0.600. The van der Waals surface area contributed by atoms with Gasteiger partial charge in [0.15, 0.2) is 0 Å². The molecule has 0 spiro atoms. The third-order valence-electron chi connectivity index (χ3n) is 2.32. The highest BCUT2D eigenvalue weighted by Gasteiger charge is 2.11. The lowest BCUT2D eigenvalue weighted by molar-refractivity contribution is 0.272. The lowest BCUT2D eigenvalue weighted by atomic mass is 10.2. The Balaban J connectivity index is 2.61. The van der Waals surface area contributed by atoms with Gasteiger partial charge in [-0.25, -0.2) is 0 Å². The molecule has 0 radical (unpaired) electrons. The molecule has 1 heterocycles. The Morgan fingerprint density at radius 1 is 1.54 bits per heavy atom. The van der Waals surface area contributed by atoms with Crippen LogP contribution in [0, 0.1) is 6.92 Å². The zero-order valence-electron chi connectivity index (χ0n) is 8.58. The molecule has 0 aromatic carbocycles. The zero-order chi connectivity index (χ0) is 9.84. The van der Waals surface area contributed by atoms with Crippen molar-refractivity contribution in [3.05, 3.63) is 21.9 Å². The fourth-order valence-corrected chi connectivity index (χ4v) is 2.29. The molecule has 0 saturated carbocycles. The zero-order valence-corrected chi connectivity index (χ0v) is 9.40. The van der Waals surface area contributed by atoms with Gasteiger partial charge in [-0.2, -0.15) is 0 Å². The molecule has 1 atom stereocenters. The van der Waals surface area contributed by atoms with Gasteiger partial charge in [0, 0.05) is 28.9 Å². The predicted octanol–water partition coefficient (Wildman–Crippen LogP) is 2.01. The first-order valence-electron chi connectivity index (χ1n) is 4.61. The quantitative estimate of drug-likeness (QED) is 0.802. The van der Waals surface area contributed by atoms with Crippen molar-refractivity contribution in [2.24, 2.45) is 5.73 Å². The molecule has 0 aliphatic heterocycles. The van der Waals surface area contributed by atoms with E-state index in [1.807, 2.05) is 11.3 Å². The van der Waals surface area contributed by atoms with Gasteiger partial charge >= 0.3 is 0 Å². The smallest absolute Gasteiger partial charge is 0.0410 e. The van der Waals surface area contributed by atoms with Crippen LogP contribution in [-0.2, 0) is 0 Å². The Morgan fingerprint density at radius 3 is 2.69 bits per heavy atom. The monoisotopic (exact) mass is 198 g/mol. The van der Waals surface area contributed by atoms with Crippen LogP contribution in [0.15, 0.2) is 12.1 Å². The van der Waals surface area contributed by atoms with Gasteiger partial charge in [0.2, 0.25) is 0 Å². The maximum Gasteiger partial charge on any atom is 0.0410 e. The number of hydrogen-bond donors (Lipinski definition) is 1. The van der Waals surface area contributed by atoms with E-state index < -0.39 is 0 Å². The highest BCUT2D eigenvalue weighted by Crippen LogP contribution is 2.25. The molecular weight excluding hydrogens is 180 g/mol. The van der Waals surface area contributed by atoms with Crippen molar-refractivity contribution in [2.45, 2.75) is 19.9 Å². The third kappa shape index (κ3) is 2.79. The summed E-state index contributed by atoms with van der Waals surface area (Å²) in [6.45, 7) is 6.05. The summed E-state index contributed by atoms with van der Waals surface area (Å²) in [5, 5.41) is 0. The molecule has 0 fully saturated rings. The van der Waals surface area contributed by atoms with Crippen molar-refractivity contribution in [1.82, 2.24) is 4.90 Å². The molecule has 1 aromatic rings. The topological polar surface area (TPSA) is 29.3 Å². The second kappa shape index (κ2) is 4.74. The van der Waals surface area contributed by atoms with E-state index in [4.69, 9.17) is 5.73 Å². The van der Waals surface area contributed by atoms with Crippen LogP contribution in [0.2, 0.25) is 0 Å². The van der Waals surface area contributed by atoms with E-state index >= 15 is 0 Å². The third-order valence-corrected chi connectivity index (χ3v) is 3.49. The lowest BCUT2D eigenvalue weighted by Crippen LogP contribution is -2.27. The molecule has 2 nitrogen and oxygen atoms in total. The van der Waals surface area contributed by atoms with Crippen LogP contribution >= 0.6 is 11.3 Å². The number of nitrogens with zero attached hydrogens (tertiary/aromatic N) is 1. The van der Waals surface area contributed by atoms with Crippen molar-refractivity contribution in [2.75, 3.05) is 20.1 Å². The average molecular weight is 198 g/mol. The summed E-state index contributed by atoms with van der Waals surface area (Å²) >= 11 is 1.87. The molecular formula is C10H18N2S. The first kappa shape index (κ1) is 10.7. The Hall–Kier alpha value is -0.380. The minimum absolute atomic E-state index is 0.488. The molecule has 1 aromatic heterocycles. The van der Waals surface area contributed by atoms with Crippen LogP contribution in [0.25, 0.3) is 0 Å². The minimum atomic E-state index is 0.488. The van der Waals surface area contributed by atoms with Gasteiger partial charge in [0.25, 0.3) is 0 Å². The number of rotatable bonds is 4. The molecule has 0 bridgehead atoms. The van der Waals surface area contributed by atoms with Gasteiger partial charge in [-0.3, -0.25) is 4.90 Å². The Labute approximate surface area is 84.4 Å². The number of hydrogen-bond acceptors (Lipinski definition) is 3. The summed E-state index contributed by atoms with van der Waals surface area (Å²) < 4.78 is 0. The Bertz CT molecular complexity index is 257. The standard InChI is InChI=1S/C10H18N2S/c1-8-4-5-10(13-8)9(2)12(3)7-6-11/h4-5,9H,6-7,11H2,1-3H3. The van der Waals surface area contributed by atoms with Gasteiger partial charge in [0.1, 0.15) is 0 Å². The Kier molecular flexibility index (Phi) is 3.90. The van der Waals surface area contributed by atoms with Crippen molar-refractivity contribution in [3.63, 3.8) is 0 Å². The summed E-state index contributed by atoms with van der Waals surface area (Å²) in [4.78, 5) is 5.09. The molecule has 74 valence electrons. The van der Waals surface area contributed by atoms with Crippen LogP contribution in [0.1, 0.15) is 22.7 Å². The summed E-state index contributed by atoms with van der Waals surface area (Å²) in [6, 6.07) is 4.87. The molecule has 13 heavy (non-hydrogen) atoms. The van der Waals surface area contributed by atoms with Gasteiger partial charge < -0.3 is 5.73 Å². The van der Waals surface area contributed by atoms with E-state index in [9.17, 15) is 0 Å². The van der Waals surface area contributed by atoms with Crippen molar-refractivity contribution < 1.29 is 0 Å². The average Bonchev–Trinajstić information content (AvgIpc) is 2.51. The highest BCUT2D eigenvalue weighted by atomic mass is 32.1. The van der Waals surface area contributed by atoms with E-state index in [0.717, 1.165) is 13.1 Å². The van der Waals surface area contributed by atoms with Crippen LogP contribution in [0.3, 0.4) is 0 Å². The summed E-state index contributed by atoms with van der Waals surface area (Å²) in [6.07, 6.45) is 0. The second-order valence-electron chi connectivity index (χ2n) is 3.39. The van der Waals surface area contributed by atoms with Gasteiger partial charge in [-0.05, 0) is 33.0 Å². The molecule has 0 aliphatic carbocycles. The molecule has 0 amide bonds. The van der Waals surface area contributed by atoms with Crippen LogP contribution in [0.5, 0.6) is 0 Å². The normalized spacial score (nSPS) is 13.6. The molecule has 1 unspecified atom stereocenters. The maximum absolute atomic E-state index is 5.51. The fourth-order valence-electron chi connectivity index (χ4n) is 1.29. The number of nitrogens with two attached hydrogens (primary N) is 1. The van der Waals surface area contributed by atoms with Crippen LogP contribution in [0.4, 0.5) is 0 Å². The molecule has 3 heteroatoms. The maximum atomic E-state index is 5.51. The summed E-state index contributed by atoms with van der Waals surface area (Å²) in [7, 11) is 2.12. The summed E-state index contributed by atoms with van der Waals surface area (Å²) in [5.41, 5.74) is 5.51. The molecule has 0 saturated heterocycles. The van der Waals surface area contributed by atoms with Gasteiger partial charge in [0.05, 0.1) is 0 Å². The number of aryl methyl sites for hydroxylation is 1. The van der Waals surface area contributed by atoms with E-state index in [1.165, 1.54) is 9.75 Å². The lowest BCUT2D eigenvalue weighted by Gasteiger charge is -2.22. The molecule has 0 aliphatic rings. The number of likely N-dealkylation sites (N-methyl/N-ethyl adjacent to an activating group) is 1. The minimum Gasteiger partial charge on any atom is -0.329 e. The molecule has 1 rings (SSSR count).